The number of fused-ring (bicyclic) bond motifs is 1. The van der Waals surface area contributed by atoms with Gasteiger partial charge < -0.3 is 10.0 Å². The van der Waals surface area contributed by atoms with E-state index in [1.54, 1.807) is 61.6 Å². The number of hydrogen-bond donors (Lipinski definition) is 1. The number of likely N-dealkylation sites (N-methyl/N-ethyl adjacent to an activating group) is 1. The van der Waals surface area contributed by atoms with Crippen molar-refractivity contribution in [1.29, 1.82) is 0 Å². The quantitative estimate of drug-likeness (QED) is 0.558. The van der Waals surface area contributed by atoms with E-state index in [1.807, 2.05) is 6.07 Å². The van der Waals surface area contributed by atoms with Crippen LogP contribution in [0.4, 0.5) is 0 Å². The van der Waals surface area contributed by atoms with Crippen LogP contribution in [0.1, 0.15) is 12.0 Å². The van der Waals surface area contributed by atoms with Crippen molar-refractivity contribution >= 4 is 44.8 Å². The second kappa shape index (κ2) is 7.91. The van der Waals surface area contributed by atoms with E-state index in [0.717, 1.165) is 21.2 Å². The number of halogens is 1. The molecule has 0 unspecified atom stereocenters. The Labute approximate surface area is 206 Å². The summed E-state index contributed by atoms with van der Waals surface area (Å²) in [6, 6.07) is 19.1. The van der Waals surface area contributed by atoms with Gasteiger partial charge in [0.1, 0.15) is 9.75 Å². The standard InChI is InChI=1S/C24H21ClN2O5S2/c1-26-15-23(17-5-3-2-4-6-17)14-24(23,22(29)30)27(13-20(26)28)34(31,32)21-12-11-19(33-21)16-7-9-18(25)10-8-16/h2-12H,13-15H2,1H3,(H,29,30)/t23-,24-/m0/s1. The number of carboxylic acid groups (broad SMARTS) is 1. The normalized spacial score (nSPS) is 25.0. The molecule has 3 aromatic rings. The zero-order valence-electron chi connectivity index (χ0n) is 18.1. The highest BCUT2D eigenvalue weighted by Gasteiger charge is 2.79. The fourth-order valence-electron chi connectivity index (χ4n) is 4.98. The predicted molar refractivity (Wildman–Crippen MR) is 129 cm³/mol. The van der Waals surface area contributed by atoms with E-state index >= 15 is 0 Å². The molecule has 34 heavy (non-hydrogen) atoms. The zero-order chi connectivity index (χ0) is 24.3. The Morgan fingerprint density at radius 1 is 1.06 bits per heavy atom. The summed E-state index contributed by atoms with van der Waals surface area (Å²) in [5, 5.41) is 11.0. The second-order valence-electron chi connectivity index (χ2n) is 8.68. The molecule has 2 aliphatic rings. The molecule has 1 aliphatic heterocycles. The van der Waals surface area contributed by atoms with Gasteiger partial charge in [-0.2, -0.15) is 4.31 Å². The molecular formula is C24H21ClN2O5S2. The molecule has 2 fully saturated rings. The highest BCUT2D eigenvalue weighted by Crippen LogP contribution is 2.63. The number of amides is 1. The number of nitrogens with zero attached hydrogens (tertiary/aromatic N) is 2. The summed E-state index contributed by atoms with van der Waals surface area (Å²) < 4.78 is 28.7. The first-order valence-corrected chi connectivity index (χ1v) is 13.2. The molecule has 1 saturated heterocycles. The molecule has 0 radical (unpaired) electrons. The van der Waals surface area contributed by atoms with Gasteiger partial charge in [-0.1, -0.05) is 54.1 Å². The molecule has 2 atom stereocenters. The van der Waals surface area contributed by atoms with Gasteiger partial charge in [0.2, 0.25) is 5.91 Å². The summed E-state index contributed by atoms with van der Waals surface area (Å²) in [4.78, 5) is 27.8. The van der Waals surface area contributed by atoms with Gasteiger partial charge in [0.05, 0.1) is 6.54 Å². The average Bonchev–Trinajstić information content (AvgIpc) is 3.24. The number of carbonyl (C=O) groups is 2. The number of aliphatic carboxylic acids is 1. The van der Waals surface area contributed by atoms with Gasteiger partial charge in [0.15, 0.2) is 0 Å². The SMILES string of the molecule is CN1C[C@]2(c3ccccc3)C[C@@]2(C(=O)O)N(S(=O)(=O)c2ccc(-c3ccc(Cl)cc3)s2)CC1=O. The summed E-state index contributed by atoms with van der Waals surface area (Å²) in [6.45, 7) is -0.414. The summed E-state index contributed by atoms with van der Waals surface area (Å²) in [5.74, 6) is -1.70. The Bertz CT molecular complexity index is 1390. The van der Waals surface area contributed by atoms with Crippen LogP contribution in [0.25, 0.3) is 10.4 Å². The van der Waals surface area contributed by atoms with Crippen LogP contribution in [0, 0.1) is 0 Å². The van der Waals surface area contributed by atoms with Gasteiger partial charge in [0.25, 0.3) is 10.0 Å². The van der Waals surface area contributed by atoms with E-state index in [4.69, 9.17) is 11.6 Å². The number of hydrogen-bond acceptors (Lipinski definition) is 5. The largest absolute Gasteiger partial charge is 0.480 e. The van der Waals surface area contributed by atoms with Crippen LogP contribution >= 0.6 is 22.9 Å². The molecule has 1 saturated carbocycles. The Balaban J connectivity index is 1.62. The zero-order valence-corrected chi connectivity index (χ0v) is 20.5. The molecule has 1 aromatic heterocycles. The van der Waals surface area contributed by atoms with Crippen LogP contribution in [0.15, 0.2) is 70.9 Å². The van der Waals surface area contributed by atoms with Gasteiger partial charge >= 0.3 is 5.97 Å². The predicted octanol–water partition coefficient (Wildman–Crippen LogP) is 3.70. The molecule has 5 rings (SSSR count). The Hall–Kier alpha value is -2.72. The first-order valence-electron chi connectivity index (χ1n) is 10.5. The topological polar surface area (TPSA) is 95.0 Å². The van der Waals surface area contributed by atoms with Crippen molar-refractivity contribution in [3.8, 4) is 10.4 Å². The Kier molecular flexibility index (Phi) is 5.36. The maximum atomic E-state index is 13.9. The van der Waals surface area contributed by atoms with Gasteiger partial charge in [-0.05, 0) is 41.8 Å². The summed E-state index contributed by atoms with van der Waals surface area (Å²) in [6.07, 6.45) is 0.0889. The lowest BCUT2D eigenvalue weighted by Crippen LogP contribution is -2.52. The van der Waals surface area contributed by atoms with Crippen molar-refractivity contribution in [3.63, 3.8) is 0 Å². The van der Waals surface area contributed by atoms with Crippen molar-refractivity contribution in [2.75, 3.05) is 20.1 Å². The summed E-state index contributed by atoms with van der Waals surface area (Å²) >= 11 is 6.99. The van der Waals surface area contributed by atoms with Crippen molar-refractivity contribution in [2.24, 2.45) is 0 Å². The molecule has 1 amide bonds. The minimum Gasteiger partial charge on any atom is -0.480 e. The minimum atomic E-state index is -4.30. The van der Waals surface area contributed by atoms with Gasteiger partial charge in [-0.3, -0.25) is 9.59 Å². The van der Waals surface area contributed by atoms with Crippen LogP contribution in [-0.2, 0) is 25.0 Å². The van der Waals surface area contributed by atoms with Crippen LogP contribution in [0.3, 0.4) is 0 Å². The van der Waals surface area contributed by atoms with Crippen molar-refractivity contribution in [1.82, 2.24) is 9.21 Å². The van der Waals surface area contributed by atoms with Gasteiger partial charge in [0, 0.05) is 28.9 Å². The van der Waals surface area contributed by atoms with Crippen molar-refractivity contribution < 1.29 is 23.1 Å². The molecule has 10 heteroatoms. The monoisotopic (exact) mass is 516 g/mol. The smallest absolute Gasteiger partial charge is 0.326 e. The lowest BCUT2D eigenvalue weighted by atomic mass is 9.90. The minimum absolute atomic E-state index is 0.00992. The van der Waals surface area contributed by atoms with E-state index in [2.05, 4.69) is 0 Å². The third kappa shape index (κ3) is 3.30. The van der Waals surface area contributed by atoms with E-state index in [0.29, 0.717) is 15.5 Å². The lowest BCUT2D eigenvalue weighted by molar-refractivity contribution is -0.143. The number of rotatable bonds is 5. The summed E-state index contributed by atoms with van der Waals surface area (Å²) in [7, 11) is -2.72. The molecule has 1 N–H and O–H groups in total. The van der Waals surface area contributed by atoms with E-state index < -0.39 is 39.4 Å². The number of sulfonamides is 1. The fourth-order valence-corrected chi connectivity index (χ4v) is 8.28. The Morgan fingerprint density at radius 3 is 2.38 bits per heavy atom. The van der Waals surface area contributed by atoms with E-state index in [1.165, 1.54) is 11.0 Å². The number of carbonyl (C=O) groups excluding carboxylic acids is 1. The van der Waals surface area contributed by atoms with Crippen LogP contribution in [0.5, 0.6) is 0 Å². The fraction of sp³-hybridized carbons (Fsp3) is 0.250. The maximum absolute atomic E-state index is 13.9. The first-order chi connectivity index (χ1) is 16.1. The molecule has 1 aliphatic carbocycles. The number of benzene rings is 2. The lowest BCUT2D eigenvalue weighted by Gasteiger charge is -2.29. The molecule has 2 aromatic carbocycles. The maximum Gasteiger partial charge on any atom is 0.326 e. The molecular weight excluding hydrogens is 496 g/mol. The molecule has 0 bridgehead atoms. The number of thiophene rings is 1. The van der Waals surface area contributed by atoms with Crippen molar-refractivity contribution in [3.05, 3.63) is 77.3 Å². The van der Waals surface area contributed by atoms with Crippen molar-refractivity contribution in [2.45, 2.75) is 21.6 Å². The molecule has 2 heterocycles. The van der Waals surface area contributed by atoms with Crippen LogP contribution < -0.4 is 0 Å². The number of carboxylic acids is 1. The highest BCUT2D eigenvalue weighted by atomic mass is 35.5. The molecule has 7 nitrogen and oxygen atoms in total. The third-order valence-corrected chi connectivity index (χ3v) is 10.5. The molecule has 0 spiro atoms. The third-order valence-electron chi connectivity index (χ3n) is 6.80. The van der Waals surface area contributed by atoms with Gasteiger partial charge in [-0.15, -0.1) is 11.3 Å². The van der Waals surface area contributed by atoms with Gasteiger partial charge in [-0.25, -0.2) is 8.42 Å². The van der Waals surface area contributed by atoms with E-state index in [9.17, 15) is 23.1 Å². The average molecular weight is 517 g/mol. The first kappa shape index (κ1) is 23.0. The van der Waals surface area contributed by atoms with E-state index in [-0.39, 0.29) is 17.2 Å². The highest BCUT2D eigenvalue weighted by molar-refractivity contribution is 7.91. The second-order valence-corrected chi connectivity index (χ2v) is 12.3. The summed E-state index contributed by atoms with van der Waals surface area (Å²) in [5.41, 5.74) is -1.30. The van der Waals surface area contributed by atoms with Crippen LogP contribution in [0.2, 0.25) is 5.02 Å². The Morgan fingerprint density at radius 2 is 1.74 bits per heavy atom. The molecule has 176 valence electrons. The van der Waals surface area contributed by atoms with Crippen LogP contribution in [-0.4, -0.2) is 60.3 Å².